The summed E-state index contributed by atoms with van der Waals surface area (Å²) in [5.74, 6) is 0.00296. The molecule has 1 unspecified atom stereocenters. The molecule has 1 atom stereocenters. The van der Waals surface area contributed by atoms with E-state index in [4.69, 9.17) is 5.73 Å². The number of carbonyl (C=O) groups is 1. The van der Waals surface area contributed by atoms with Gasteiger partial charge in [0.05, 0.1) is 6.04 Å². The van der Waals surface area contributed by atoms with E-state index in [0.29, 0.717) is 6.54 Å². The Morgan fingerprint density at radius 3 is 2.65 bits per heavy atom. The molecule has 0 fully saturated rings. The fraction of sp³-hybridized carbons (Fsp3) is 0.562. The van der Waals surface area contributed by atoms with Gasteiger partial charge >= 0.3 is 0 Å². The summed E-state index contributed by atoms with van der Waals surface area (Å²) in [4.78, 5) is 14.4. The van der Waals surface area contributed by atoms with E-state index in [-0.39, 0.29) is 17.5 Å². The number of benzene rings is 1. The van der Waals surface area contributed by atoms with Crippen molar-refractivity contribution >= 4 is 11.6 Å². The standard InChI is InChI=1S/C16H27N3O/c1-6-16(3,4)19(5)12(2)15(20)18-14-9-7-8-13(10-14)11-17/h7-10,12H,6,11,17H2,1-5H3,(H,18,20). The highest BCUT2D eigenvalue weighted by molar-refractivity contribution is 5.94. The number of nitrogens with two attached hydrogens (primary N) is 1. The van der Waals surface area contributed by atoms with Crippen LogP contribution in [0.25, 0.3) is 0 Å². The predicted molar refractivity (Wildman–Crippen MR) is 84.6 cm³/mol. The molecule has 0 radical (unpaired) electrons. The van der Waals surface area contributed by atoms with Gasteiger partial charge in [0, 0.05) is 17.8 Å². The third-order valence-electron chi connectivity index (χ3n) is 4.21. The maximum atomic E-state index is 12.3. The Labute approximate surface area is 122 Å². The number of nitrogens with zero attached hydrogens (tertiary/aromatic N) is 1. The van der Waals surface area contributed by atoms with Gasteiger partial charge in [-0.15, -0.1) is 0 Å². The van der Waals surface area contributed by atoms with E-state index in [1.165, 1.54) is 0 Å². The number of nitrogens with one attached hydrogen (secondary N) is 1. The highest BCUT2D eigenvalue weighted by Crippen LogP contribution is 2.20. The van der Waals surface area contributed by atoms with E-state index in [0.717, 1.165) is 17.7 Å². The van der Waals surface area contributed by atoms with E-state index in [2.05, 4.69) is 31.0 Å². The molecule has 0 aliphatic carbocycles. The molecule has 0 saturated heterocycles. The molecule has 112 valence electrons. The summed E-state index contributed by atoms with van der Waals surface area (Å²) in [5.41, 5.74) is 7.42. The van der Waals surface area contributed by atoms with Gasteiger partial charge in [-0.3, -0.25) is 9.69 Å². The van der Waals surface area contributed by atoms with Crippen LogP contribution in [0.3, 0.4) is 0 Å². The lowest BCUT2D eigenvalue weighted by Crippen LogP contribution is -2.50. The molecule has 0 aliphatic rings. The van der Waals surface area contributed by atoms with Crippen LogP contribution in [0.4, 0.5) is 5.69 Å². The molecule has 0 heterocycles. The number of anilines is 1. The lowest BCUT2D eigenvalue weighted by atomic mass is 9.98. The van der Waals surface area contributed by atoms with Gasteiger partial charge in [0.2, 0.25) is 5.91 Å². The van der Waals surface area contributed by atoms with Crippen LogP contribution >= 0.6 is 0 Å². The SMILES string of the molecule is CCC(C)(C)N(C)C(C)C(=O)Nc1cccc(CN)c1. The zero-order valence-electron chi connectivity index (χ0n) is 13.2. The van der Waals surface area contributed by atoms with Crippen molar-refractivity contribution in [3.05, 3.63) is 29.8 Å². The van der Waals surface area contributed by atoms with Crippen LogP contribution in [0, 0.1) is 0 Å². The summed E-state index contributed by atoms with van der Waals surface area (Å²) >= 11 is 0. The second-order valence-corrected chi connectivity index (χ2v) is 5.85. The van der Waals surface area contributed by atoms with Gasteiger partial charge in [0.15, 0.2) is 0 Å². The smallest absolute Gasteiger partial charge is 0.241 e. The Morgan fingerprint density at radius 2 is 2.10 bits per heavy atom. The van der Waals surface area contributed by atoms with Gasteiger partial charge in [-0.25, -0.2) is 0 Å². The number of amides is 1. The molecule has 0 bridgehead atoms. The van der Waals surface area contributed by atoms with Crippen LogP contribution in [-0.2, 0) is 11.3 Å². The Kier molecular flexibility index (Phi) is 5.72. The van der Waals surface area contributed by atoms with Gasteiger partial charge in [0.1, 0.15) is 0 Å². The van der Waals surface area contributed by atoms with Crippen molar-refractivity contribution in [2.45, 2.75) is 52.2 Å². The maximum absolute atomic E-state index is 12.3. The fourth-order valence-corrected chi connectivity index (χ4v) is 1.97. The number of rotatable bonds is 6. The normalized spacial score (nSPS) is 13.3. The van der Waals surface area contributed by atoms with Crippen molar-refractivity contribution in [2.24, 2.45) is 5.73 Å². The first-order chi connectivity index (χ1) is 9.31. The van der Waals surface area contributed by atoms with Crippen LogP contribution in [-0.4, -0.2) is 29.4 Å². The predicted octanol–water partition coefficient (Wildman–Crippen LogP) is 2.59. The van der Waals surface area contributed by atoms with E-state index >= 15 is 0 Å². The lowest BCUT2D eigenvalue weighted by molar-refractivity contribution is -0.122. The maximum Gasteiger partial charge on any atom is 0.241 e. The van der Waals surface area contributed by atoms with Crippen molar-refractivity contribution in [3.8, 4) is 0 Å². The van der Waals surface area contributed by atoms with Gasteiger partial charge in [0.25, 0.3) is 0 Å². The Balaban J connectivity index is 2.75. The van der Waals surface area contributed by atoms with Crippen molar-refractivity contribution in [1.29, 1.82) is 0 Å². The third-order valence-corrected chi connectivity index (χ3v) is 4.21. The first-order valence-corrected chi connectivity index (χ1v) is 7.14. The molecule has 1 amide bonds. The summed E-state index contributed by atoms with van der Waals surface area (Å²) < 4.78 is 0. The largest absolute Gasteiger partial charge is 0.326 e. The number of carbonyl (C=O) groups excluding carboxylic acids is 1. The quantitative estimate of drug-likeness (QED) is 0.840. The average molecular weight is 277 g/mol. The minimum absolute atomic E-state index is 0.00296. The van der Waals surface area contributed by atoms with Crippen LogP contribution in [0.1, 0.15) is 39.7 Å². The summed E-state index contributed by atoms with van der Waals surface area (Å²) in [7, 11) is 1.99. The first-order valence-electron chi connectivity index (χ1n) is 7.14. The second-order valence-electron chi connectivity index (χ2n) is 5.85. The second kappa shape index (κ2) is 6.86. The van der Waals surface area contributed by atoms with Gasteiger partial charge in [-0.2, -0.15) is 0 Å². The summed E-state index contributed by atoms with van der Waals surface area (Å²) in [6.45, 7) is 8.82. The first kappa shape index (κ1) is 16.7. The molecular formula is C16H27N3O. The number of likely N-dealkylation sites (N-methyl/N-ethyl adjacent to an activating group) is 1. The molecule has 0 saturated carbocycles. The minimum atomic E-state index is -0.188. The summed E-state index contributed by atoms with van der Waals surface area (Å²) in [5, 5.41) is 2.96. The summed E-state index contributed by atoms with van der Waals surface area (Å²) in [6, 6.07) is 7.46. The highest BCUT2D eigenvalue weighted by Gasteiger charge is 2.29. The number of hydrogen-bond donors (Lipinski definition) is 2. The molecule has 3 N–H and O–H groups in total. The van der Waals surface area contributed by atoms with Crippen molar-refractivity contribution in [2.75, 3.05) is 12.4 Å². The van der Waals surface area contributed by atoms with Gasteiger partial charge in [-0.1, -0.05) is 19.1 Å². The Morgan fingerprint density at radius 1 is 1.45 bits per heavy atom. The van der Waals surface area contributed by atoms with Crippen molar-refractivity contribution in [3.63, 3.8) is 0 Å². The molecule has 1 aromatic carbocycles. The van der Waals surface area contributed by atoms with Crippen molar-refractivity contribution < 1.29 is 4.79 Å². The van der Waals surface area contributed by atoms with Gasteiger partial charge < -0.3 is 11.1 Å². The topological polar surface area (TPSA) is 58.4 Å². The van der Waals surface area contributed by atoms with Crippen molar-refractivity contribution in [1.82, 2.24) is 4.90 Å². The molecule has 0 aromatic heterocycles. The van der Waals surface area contributed by atoms with Crippen LogP contribution in [0.15, 0.2) is 24.3 Å². The minimum Gasteiger partial charge on any atom is -0.326 e. The zero-order chi connectivity index (χ0) is 15.3. The van der Waals surface area contributed by atoms with Crippen LogP contribution < -0.4 is 11.1 Å². The molecule has 4 nitrogen and oxygen atoms in total. The molecule has 0 aliphatic heterocycles. The Hall–Kier alpha value is -1.39. The van der Waals surface area contributed by atoms with E-state index in [9.17, 15) is 4.79 Å². The molecule has 1 aromatic rings. The van der Waals surface area contributed by atoms with Crippen LogP contribution in [0.2, 0.25) is 0 Å². The lowest BCUT2D eigenvalue weighted by Gasteiger charge is -2.38. The molecule has 20 heavy (non-hydrogen) atoms. The molecule has 1 rings (SSSR count). The molecule has 4 heteroatoms. The monoisotopic (exact) mass is 277 g/mol. The zero-order valence-corrected chi connectivity index (χ0v) is 13.2. The third kappa shape index (κ3) is 4.05. The number of hydrogen-bond acceptors (Lipinski definition) is 3. The van der Waals surface area contributed by atoms with E-state index < -0.39 is 0 Å². The average Bonchev–Trinajstić information content (AvgIpc) is 2.45. The Bertz CT molecular complexity index is 457. The summed E-state index contributed by atoms with van der Waals surface area (Å²) in [6.07, 6.45) is 0.990. The van der Waals surface area contributed by atoms with E-state index in [1.54, 1.807) is 0 Å². The fourth-order valence-electron chi connectivity index (χ4n) is 1.97. The van der Waals surface area contributed by atoms with Crippen LogP contribution in [0.5, 0.6) is 0 Å². The highest BCUT2D eigenvalue weighted by atomic mass is 16.2. The molecule has 0 spiro atoms. The molecular weight excluding hydrogens is 250 g/mol. The van der Waals surface area contributed by atoms with Gasteiger partial charge in [-0.05, 0) is 51.9 Å². The van der Waals surface area contributed by atoms with E-state index in [1.807, 2.05) is 38.2 Å².